The summed E-state index contributed by atoms with van der Waals surface area (Å²) in [4.78, 5) is 27.1. The highest BCUT2D eigenvalue weighted by atomic mass is 32.1. The molecule has 0 atom stereocenters. The van der Waals surface area contributed by atoms with Crippen LogP contribution in [0.1, 0.15) is 49.2 Å². The quantitative estimate of drug-likeness (QED) is 0.846. The minimum absolute atomic E-state index is 0.0701. The molecule has 0 aliphatic heterocycles. The van der Waals surface area contributed by atoms with Crippen molar-refractivity contribution >= 4 is 23.2 Å². The Morgan fingerprint density at radius 3 is 2.67 bits per heavy atom. The van der Waals surface area contributed by atoms with Gasteiger partial charge in [-0.05, 0) is 45.4 Å². The number of rotatable bonds is 6. The summed E-state index contributed by atoms with van der Waals surface area (Å²) in [5.74, 6) is -0.870. The number of carboxylic acid groups (broad SMARTS) is 1. The predicted molar refractivity (Wildman–Crippen MR) is 81.3 cm³/mol. The first kappa shape index (κ1) is 15.9. The van der Waals surface area contributed by atoms with Crippen LogP contribution in [0.15, 0.2) is 5.38 Å². The van der Waals surface area contributed by atoms with E-state index in [0.717, 1.165) is 36.4 Å². The lowest BCUT2D eigenvalue weighted by atomic mass is 9.86. The molecule has 2 rings (SSSR count). The molecule has 1 aliphatic rings. The van der Waals surface area contributed by atoms with Gasteiger partial charge in [0, 0.05) is 17.8 Å². The van der Waals surface area contributed by atoms with Crippen LogP contribution in [0.5, 0.6) is 0 Å². The smallest absolute Gasteiger partial charge is 0.306 e. The Balaban J connectivity index is 1.62. The molecule has 2 N–H and O–H groups in total. The number of nitrogens with one attached hydrogen (secondary N) is 1. The molecule has 116 valence electrons. The van der Waals surface area contributed by atoms with Crippen molar-refractivity contribution in [3.8, 4) is 0 Å². The average molecular weight is 310 g/mol. The zero-order valence-corrected chi connectivity index (χ0v) is 13.1. The van der Waals surface area contributed by atoms with Gasteiger partial charge < -0.3 is 10.4 Å². The fourth-order valence-corrected chi connectivity index (χ4v) is 3.38. The molecule has 0 radical (unpaired) electrons. The molecule has 1 fully saturated rings. The number of thiazole rings is 1. The van der Waals surface area contributed by atoms with Gasteiger partial charge in [0.1, 0.15) is 0 Å². The Labute approximate surface area is 128 Å². The van der Waals surface area contributed by atoms with Crippen molar-refractivity contribution in [1.82, 2.24) is 10.3 Å². The first-order valence-corrected chi connectivity index (χ1v) is 8.35. The zero-order valence-electron chi connectivity index (χ0n) is 12.3. The van der Waals surface area contributed by atoms with Crippen molar-refractivity contribution in [1.29, 1.82) is 0 Å². The van der Waals surface area contributed by atoms with Crippen LogP contribution in [0.3, 0.4) is 0 Å². The van der Waals surface area contributed by atoms with Crippen LogP contribution in [0.4, 0.5) is 0 Å². The highest BCUT2D eigenvalue weighted by Gasteiger charge is 2.26. The van der Waals surface area contributed by atoms with Crippen LogP contribution in [-0.4, -0.2) is 28.0 Å². The zero-order chi connectivity index (χ0) is 15.2. The molecule has 1 saturated carbocycles. The Morgan fingerprint density at radius 2 is 2.10 bits per heavy atom. The summed E-state index contributed by atoms with van der Waals surface area (Å²) < 4.78 is 0. The minimum Gasteiger partial charge on any atom is -0.481 e. The third-order valence-corrected chi connectivity index (χ3v) is 4.77. The molecule has 0 unspecified atom stereocenters. The van der Waals surface area contributed by atoms with E-state index in [4.69, 9.17) is 5.11 Å². The van der Waals surface area contributed by atoms with Crippen LogP contribution in [0, 0.1) is 12.8 Å². The summed E-state index contributed by atoms with van der Waals surface area (Å²) in [7, 11) is 0. The van der Waals surface area contributed by atoms with E-state index in [1.807, 2.05) is 12.3 Å². The monoisotopic (exact) mass is 310 g/mol. The van der Waals surface area contributed by atoms with E-state index in [-0.39, 0.29) is 17.9 Å². The van der Waals surface area contributed by atoms with Crippen LogP contribution in [0.2, 0.25) is 0 Å². The van der Waals surface area contributed by atoms with Crippen molar-refractivity contribution in [3.63, 3.8) is 0 Å². The summed E-state index contributed by atoms with van der Waals surface area (Å²) in [6.07, 6.45) is 5.02. The molecule has 1 aliphatic carbocycles. The summed E-state index contributed by atoms with van der Waals surface area (Å²) in [6.45, 7) is 1.98. The van der Waals surface area contributed by atoms with E-state index < -0.39 is 5.97 Å². The number of carbonyl (C=O) groups excluding carboxylic acids is 1. The highest BCUT2D eigenvalue weighted by Crippen LogP contribution is 2.24. The van der Waals surface area contributed by atoms with Gasteiger partial charge in [0.2, 0.25) is 5.91 Å². The topological polar surface area (TPSA) is 79.3 Å². The Bertz CT molecular complexity index is 493. The maximum atomic E-state index is 11.9. The number of hydrogen-bond acceptors (Lipinski definition) is 4. The van der Waals surface area contributed by atoms with E-state index >= 15 is 0 Å². The number of hydrogen-bond donors (Lipinski definition) is 2. The van der Waals surface area contributed by atoms with Gasteiger partial charge in [-0.1, -0.05) is 0 Å². The molecule has 21 heavy (non-hydrogen) atoms. The number of aromatic nitrogens is 1. The molecular weight excluding hydrogens is 288 g/mol. The molecule has 0 bridgehead atoms. The van der Waals surface area contributed by atoms with Crippen molar-refractivity contribution in [2.45, 2.75) is 57.9 Å². The molecule has 1 aromatic rings. The van der Waals surface area contributed by atoms with Gasteiger partial charge in [-0.2, -0.15) is 0 Å². The lowest BCUT2D eigenvalue weighted by Gasteiger charge is -2.26. The Kier molecular flexibility index (Phi) is 5.73. The SMILES string of the molecule is Cc1nc(CCCC(=O)NC2CCC(C(=O)O)CC2)cs1. The van der Waals surface area contributed by atoms with E-state index in [0.29, 0.717) is 19.3 Å². The highest BCUT2D eigenvalue weighted by molar-refractivity contribution is 7.09. The van der Waals surface area contributed by atoms with Crippen LogP contribution >= 0.6 is 11.3 Å². The lowest BCUT2D eigenvalue weighted by molar-refractivity contribution is -0.142. The number of carboxylic acids is 1. The average Bonchev–Trinajstić information content (AvgIpc) is 2.85. The molecular formula is C15H22N2O3S. The molecule has 1 heterocycles. The third-order valence-electron chi connectivity index (χ3n) is 3.94. The van der Waals surface area contributed by atoms with Gasteiger partial charge in [0.05, 0.1) is 16.6 Å². The van der Waals surface area contributed by atoms with E-state index in [1.54, 1.807) is 11.3 Å². The molecule has 0 spiro atoms. The molecule has 6 heteroatoms. The summed E-state index contributed by atoms with van der Waals surface area (Å²) in [5.41, 5.74) is 1.06. The normalized spacial score (nSPS) is 22.0. The van der Waals surface area contributed by atoms with Crippen LogP contribution < -0.4 is 5.32 Å². The number of nitrogens with zero attached hydrogens (tertiary/aromatic N) is 1. The van der Waals surface area contributed by atoms with E-state index in [2.05, 4.69) is 10.3 Å². The fraction of sp³-hybridized carbons (Fsp3) is 0.667. The number of carbonyl (C=O) groups is 2. The second kappa shape index (κ2) is 7.54. The second-order valence-corrected chi connectivity index (χ2v) is 6.73. The second-order valence-electron chi connectivity index (χ2n) is 5.67. The number of aryl methyl sites for hydroxylation is 2. The first-order chi connectivity index (χ1) is 10.0. The first-order valence-electron chi connectivity index (χ1n) is 7.48. The standard InChI is InChI=1S/C15H22N2O3S/c1-10-16-13(9-21-10)3-2-4-14(18)17-12-7-5-11(6-8-12)15(19)20/h9,11-12H,2-8H2,1H3,(H,17,18)(H,19,20). The van der Waals surface area contributed by atoms with Crippen molar-refractivity contribution in [3.05, 3.63) is 16.1 Å². The molecule has 1 amide bonds. The molecule has 5 nitrogen and oxygen atoms in total. The molecule has 1 aromatic heterocycles. The van der Waals surface area contributed by atoms with Gasteiger partial charge in [0.15, 0.2) is 0 Å². The van der Waals surface area contributed by atoms with Gasteiger partial charge in [-0.15, -0.1) is 11.3 Å². The van der Waals surface area contributed by atoms with Crippen molar-refractivity contribution in [2.75, 3.05) is 0 Å². The number of aliphatic carboxylic acids is 1. The summed E-state index contributed by atoms with van der Waals surface area (Å²) >= 11 is 1.63. The molecule has 0 aromatic carbocycles. The van der Waals surface area contributed by atoms with Crippen molar-refractivity contribution in [2.24, 2.45) is 5.92 Å². The van der Waals surface area contributed by atoms with Crippen LogP contribution in [0.25, 0.3) is 0 Å². The Morgan fingerprint density at radius 1 is 1.38 bits per heavy atom. The van der Waals surface area contributed by atoms with Gasteiger partial charge >= 0.3 is 5.97 Å². The lowest BCUT2D eigenvalue weighted by Crippen LogP contribution is -2.38. The largest absolute Gasteiger partial charge is 0.481 e. The maximum absolute atomic E-state index is 11.9. The summed E-state index contributed by atoms with van der Waals surface area (Å²) in [5, 5.41) is 15.1. The van der Waals surface area contributed by atoms with E-state index in [9.17, 15) is 9.59 Å². The van der Waals surface area contributed by atoms with Gasteiger partial charge in [-0.3, -0.25) is 9.59 Å². The maximum Gasteiger partial charge on any atom is 0.306 e. The van der Waals surface area contributed by atoms with Crippen LogP contribution in [-0.2, 0) is 16.0 Å². The summed E-state index contributed by atoms with van der Waals surface area (Å²) in [6, 6.07) is 0.148. The third kappa shape index (κ3) is 5.12. The predicted octanol–water partition coefficient (Wildman–Crippen LogP) is 2.53. The van der Waals surface area contributed by atoms with Crippen molar-refractivity contribution < 1.29 is 14.7 Å². The minimum atomic E-state index is -0.710. The van der Waals surface area contributed by atoms with Gasteiger partial charge in [-0.25, -0.2) is 4.98 Å². The van der Waals surface area contributed by atoms with Gasteiger partial charge in [0.25, 0.3) is 0 Å². The number of amides is 1. The molecule has 0 saturated heterocycles. The van der Waals surface area contributed by atoms with E-state index in [1.165, 1.54) is 0 Å². The Hall–Kier alpha value is -1.43. The fourth-order valence-electron chi connectivity index (χ4n) is 2.74.